The highest BCUT2D eigenvalue weighted by molar-refractivity contribution is 4.83. The number of aliphatic hydroxyl groups excluding tert-OH is 1. The lowest BCUT2D eigenvalue weighted by atomic mass is 9.84. The summed E-state index contributed by atoms with van der Waals surface area (Å²) in [7, 11) is 0. The van der Waals surface area contributed by atoms with Crippen molar-refractivity contribution in [2.75, 3.05) is 13.1 Å². The van der Waals surface area contributed by atoms with Gasteiger partial charge in [-0.1, -0.05) is 26.2 Å². The summed E-state index contributed by atoms with van der Waals surface area (Å²) in [6.07, 6.45) is 9.11. The highest BCUT2D eigenvalue weighted by Crippen LogP contribution is 2.29. The molecule has 1 aliphatic heterocycles. The molecule has 1 saturated carbocycles. The van der Waals surface area contributed by atoms with E-state index < -0.39 is 0 Å². The third-order valence-corrected chi connectivity index (χ3v) is 5.12. The minimum Gasteiger partial charge on any atom is -0.392 e. The van der Waals surface area contributed by atoms with Crippen LogP contribution in [0.3, 0.4) is 0 Å². The minimum atomic E-state index is -0.0805. The van der Waals surface area contributed by atoms with Crippen LogP contribution in [-0.4, -0.2) is 35.2 Å². The van der Waals surface area contributed by atoms with E-state index in [0.717, 1.165) is 12.5 Å². The molecule has 2 heteroatoms. The van der Waals surface area contributed by atoms with Gasteiger partial charge in [0, 0.05) is 12.6 Å². The molecule has 17 heavy (non-hydrogen) atoms. The SMILES string of the molecule is CC1CCCN(CC(O)C2CCCCC2)C1C. The first-order chi connectivity index (χ1) is 8.18. The zero-order chi connectivity index (χ0) is 12.3. The van der Waals surface area contributed by atoms with Crippen molar-refractivity contribution in [3.05, 3.63) is 0 Å². The lowest BCUT2D eigenvalue weighted by molar-refractivity contribution is 0.0139. The van der Waals surface area contributed by atoms with Crippen molar-refractivity contribution >= 4 is 0 Å². The molecule has 3 unspecified atom stereocenters. The van der Waals surface area contributed by atoms with Crippen LogP contribution >= 0.6 is 0 Å². The smallest absolute Gasteiger partial charge is 0.0695 e. The monoisotopic (exact) mass is 239 g/mol. The van der Waals surface area contributed by atoms with E-state index in [0.29, 0.717) is 12.0 Å². The number of piperidine rings is 1. The van der Waals surface area contributed by atoms with Gasteiger partial charge in [-0.25, -0.2) is 0 Å². The summed E-state index contributed by atoms with van der Waals surface area (Å²) < 4.78 is 0. The van der Waals surface area contributed by atoms with Crippen molar-refractivity contribution in [1.82, 2.24) is 4.90 Å². The van der Waals surface area contributed by atoms with Crippen LogP contribution in [0.4, 0.5) is 0 Å². The average molecular weight is 239 g/mol. The highest BCUT2D eigenvalue weighted by atomic mass is 16.3. The number of aliphatic hydroxyl groups is 1. The van der Waals surface area contributed by atoms with Gasteiger partial charge in [0.15, 0.2) is 0 Å². The average Bonchev–Trinajstić information content (AvgIpc) is 2.36. The largest absolute Gasteiger partial charge is 0.392 e. The molecule has 0 amide bonds. The third kappa shape index (κ3) is 3.45. The number of rotatable bonds is 3. The molecule has 0 aromatic rings. The molecule has 0 spiro atoms. The molecule has 0 aromatic heterocycles. The second-order valence-electron chi connectivity index (χ2n) is 6.32. The quantitative estimate of drug-likeness (QED) is 0.818. The van der Waals surface area contributed by atoms with Gasteiger partial charge in [0.05, 0.1) is 6.10 Å². The lowest BCUT2D eigenvalue weighted by Crippen LogP contribution is -2.47. The molecule has 0 radical (unpaired) electrons. The Morgan fingerprint density at radius 2 is 1.76 bits per heavy atom. The van der Waals surface area contributed by atoms with Crippen molar-refractivity contribution < 1.29 is 5.11 Å². The molecule has 2 aliphatic rings. The summed E-state index contributed by atoms with van der Waals surface area (Å²) in [6.45, 7) is 6.78. The lowest BCUT2D eigenvalue weighted by Gasteiger charge is -2.40. The fourth-order valence-electron chi connectivity index (χ4n) is 3.59. The van der Waals surface area contributed by atoms with Gasteiger partial charge >= 0.3 is 0 Å². The van der Waals surface area contributed by atoms with E-state index in [9.17, 15) is 5.11 Å². The molecule has 3 atom stereocenters. The maximum Gasteiger partial charge on any atom is 0.0695 e. The zero-order valence-electron chi connectivity index (χ0n) is 11.6. The Morgan fingerprint density at radius 3 is 2.47 bits per heavy atom. The molecule has 0 bridgehead atoms. The molecule has 0 aromatic carbocycles. The van der Waals surface area contributed by atoms with Crippen LogP contribution in [0, 0.1) is 11.8 Å². The molecular formula is C15H29NO. The van der Waals surface area contributed by atoms with Crippen LogP contribution < -0.4 is 0 Å². The molecule has 2 fully saturated rings. The summed E-state index contributed by atoms with van der Waals surface area (Å²) in [6, 6.07) is 0.655. The first-order valence-corrected chi connectivity index (χ1v) is 7.60. The van der Waals surface area contributed by atoms with Gasteiger partial charge in [-0.05, 0) is 51.0 Å². The normalized spacial score (nSPS) is 34.8. The van der Waals surface area contributed by atoms with Crippen LogP contribution in [0.1, 0.15) is 58.8 Å². The fraction of sp³-hybridized carbons (Fsp3) is 1.00. The highest BCUT2D eigenvalue weighted by Gasteiger charge is 2.29. The van der Waals surface area contributed by atoms with E-state index in [2.05, 4.69) is 18.7 Å². The second-order valence-corrected chi connectivity index (χ2v) is 6.32. The van der Waals surface area contributed by atoms with Crippen LogP contribution in [0.25, 0.3) is 0 Å². The van der Waals surface area contributed by atoms with Gasteiger partial charge in [-0.2, -0.15) is 0 Å². The minimum absolute atomic E-state index is 0.0805. The molecular weight excluding hydrogens is 210 g/mol. The van der Waals surface area contributed by atoms with Gasteiger partial charge in [0.25, 0.3) is 0 Å². The van der Waals surface area contributed by atoms with Crippen LogP contribution in [0.15, 0.2) is 0 Å². The van der Waals surface area contributed by atoms with Crippen LogP contribution in [0.5, 0.6) is 0 Å². The predicted molar refractivity (Wildman–Crippen MR) is 72.0 cm³/mol. The summed E-state index contributed by atoms with van der Waals surface area (Å²) in [5, 5.41) is 10.4. The molecule has 1 aliphatic carbocycles. The Kier molecular flexibility index (Phi) is 4.87. The van der Waals surface area contributed by atoms with Gasteiger partial charge < -0.3 is 5.11 Å². The molecule has 2 nitrogen and oxygen atoms in total. The first kappa shape index (κ1) is 13.4. The zero-order valence-corrected chi connectivity index (χ0v) is 11.6. The number of nitrogens with zero attached hydrogens (tertiary/aromatic N) is 1. The Bertz CT molecular complexity index is 225. The fourth-order valence-corrected chi connectivity index (χ4v) is 3.59. The summed E-state index contributed by atoms with van der Waals surface area (Å²) in [4.78, 5) is 2.52. The van der Waals surface area contributed by atoms with Crippen molar-refractivity contribution in [2.45, 2.75) is 70.9 Å². The maximum atomic E-state index is 10.4. The standard InChI is InChI=1S/C15H29NO/c1-12-7-6-10-16(13(12)2)11-15(17)14-8-4-3-5-9-14/h12-15,17H,3-11H2,1-2H3. The topological polar surface area (TPSA) is 23.5 Å². The Morgan fingerprint density at radius 1 is 1.06 bits per heavy atom. The number of likely N-dealkylation sites (tertiary alicyclic amines) is 1. The third-order valence-electron chi connectivity index (χ3n) is 5.12. The van der Waals surface area contributed by atoms with E-state index >= 15 is 0 Å². The van der Waals surface area contributed by atoms with E-state index in [4.69, 9.17) is 0 Å². The number of β-amino-alcohol motifs (C(OH)–C–C–N with tert-alkyl or cyclic N) is 1. The van der Waals surface area contributed by atoms with E-state index in [1.54, 1.807) is 0 Å². The Hall–Kier alpha value is -0.0800. The maximum absolute atomic E-state index is 10.4. The van der Waals surface area contributed by atoms with Gasteiger partial charge in [0.2, 0.25) is 0 Å². The van der Waals surface area contributed by atoms with E-state index in [1.165, 1.54) is 51.5 Å². The summed E-state index contributed by atoms with van der Waals surface area (Å²) in [5.41, 5.74) is 0. The molecule has 1 heterocycles. The molecule has 1 saturated heterocycles. The summed E-state index contributed by atoms with van der Waals surface area (Å²) >= 11 is 0. The Balaban J connectivity index is 1.82. The van der Waals surface area contributed by atoms with E-state index in [1.807, 2.05) is 0 Å². The van der Waals surface area contributed by atoms with Crippen LogP contribution in [-0.2, 0) is 0 Å². The van der Waals surface area contributed by atoms with Gasteiger partial charge in [-0.3, -0.25) is 4.90 Å². The second kappa shape index (κ2) is 6.19. The van der Waals surface area contributed by atoms with Crippen molar-refractivity contribution in [1.29, 1.82) is 0 Å². The summed E-state index contributed by atoms with van der Waals surface area (Å²) in [5.74, 6) is 1.37. The van der Waals surface area contributed by atoms with Gasteiger partial charge in [0.1, 0.15) is 0 Å². The predicted octanol–water partition coefficient (Wildman–Crippen LogP) is 3.05. The van der Waals surface area contributed by atoms with Gasteiger partial charge in [-0.15, -0.1) is 0 Å². The number of hydrogen-bond acceptors (Lipinski definition) is 2. The van der Waals surface area contributed by atoms with Crippen molar-refractivity contribution in [2.24, 2.45) is 11.8 Å². The molecule has 1 N–H and O–H groups in total. The van der Waals surface area contributed by atoms with Crippen molar-refractivity contribution in [3.8, 4) is 0 Å². The first-order valence-electron chi connectivity index (χ1n) is 7.60. The van der Waals surface area contributed by atoms with E-state index in [-0.39, 0.29) is 6.10 Å². The molecule has 2 rings (SSSR count). The Labute approximate surface area is 106 Å². The number of hydrogen-bond donors (Lipinski definition) is 1. The van der Waals surface area contributed by atoms with Crippen LogP contribution in [0.2, 0.25) is 0 Å². The molecule has 100 valence electrons. The van der Waals surface area contributed by atoms with Crippen molar-refractivity contribution in [3.63, 3.8) is 0 Å².